The minimum absolute atomic E-state index is 0.143. The molecule has 40 heavy (non-hydrogen) atoms. The zero-order chi connectivity index (χ0) is 27.6. The third kappa shape index (κ3) is 5.60. The fourth-order valence-corrected chi connectivity index (χ4v) is 4.99. The average Bonchev–Trinajstić information content (AvgIpc) is 3.58. The van der Waals surface area contributed by atoms with Crippen LogP contribution in [0.1, 0.15) is 5.76 Å². The molecule has 0 fully saturated rings. The third-order valence-corrected chi connectivity index (χ3v) is 6.67. The summed E-state index contributed by atoms with van der Waals surface area (Å²) in [5, 5.41) is 18.2. The SMILES string of the molecule is O=C(/C=C/c1ccc(-c2cc(Cl)cc(Cl)c2)o1)NC(=S)Nc1ccc2nn(-c3cccc4ccccc34)nc2c1. The predicted octanol–water partition coefficient (Wildman–Crippen LogP) is 7.67. The zero-order valence-corrected chi connectivity index (χ0v) is 23.0. The Morgan fingerprint density at radius 3 is 2.50 bits per heavy atom. The quantitative estimate of drug-likeness (QED) is 0.160. The van der Waals surface area contributed by atoms with Gasteiger partial charge >= 0.3 is 0 Å². The number of carbonyl (C=O) groups is 1. The van der Waals surface area contributed by atoms with Crippen molar-refractivity contribution in [1.82, 2.24) is 20.3 Å². The Kier molecular flexibility index (Phi) is 7.04. The highest BCUT2D eigenvalue weighted by Gasteiger charge is 2.10. The second kappa shape index (κ2) is 10.9. The summed E-state index contributed by atoms with van der Waals surface area (Å²) >= 11 is 17.5. The van der Waals surface area contributed by atoms with Crippen LogP contribution < -0.4 is 10.6 Å². The number of anilines is 1. The molecule has 6 aromatic rings. The van der Waals surface area contributed by atoms with E-state index in [9.17, 15) is 4.79 Å². The van der Waals surface area contributed by atoms with Gasteiger partial charge in [0.05, 0.1) is 5.69 Å². The minimum Gasteiger partial charge on any atom is -0.457 e. The van der Waals surface area contributed by atoms with Crippen LogP contribution in [0, 0.1) is 0 Å². The number of nitrogens with one attached hydrogen (secondary N) is 2. The average molecular weight is 584 g/mol. The number of aromatic nitrogens is 3. The summed E-state index contributed by atoms with van der Waals surface area (Å²) < 4.78 is 5.78. The highest BCUT2D eigenvalue weighted by atomic mass is 35.5. The number of hydrogen-bond donors (Lipinski definition) is 2. The molecule has 7 nitrogen and oxygen atoms in total. The number of benzene rings is 4. The lowest BCUT2D eigenvalue weighted by molar-refractivity contribution is -0.115. The van der Waals surface area contributed by atoms with Crippen molar-refractivity contribution in [2.24, 2.45) is 0 Å². The molecule has 6 rings (SSSR count). The summed E-state index contributed by atoms with van der Waals surface area (Å²) in [6, 6.07) is 28.3. The van der Waals surface area contributed by atoms with E-state index in [4.69, 9.17) is 39.8 Å². The number of furan rings is 1. The van der Waals surface area contributed by atoms with Gasteiger partial charge in [-0.15, -0.1) is 15.0 Å². The van der Waals surface area contributed by atoms with Crippen molar-refractivity contribution in [1.29, 1.82) is 0 Å². The van der Waals surface area contributed by atoms with E-state index in [1.54, 1.807) is 41.2 Å². The third-order valence-electron chi connectivity index (χ3n) is 6.03. The van der Waals surface area contributed by atoms with Crippen molar-refractivity contribution >= 4 is 80.0 Å². The largest absolute Gasteiger partial charge is 0.457 e. The van der Waals surface area contributed by atoms with Crippen LogP contribution >= 0.6 is 35.4 Å². The second-order valence-electron chi connectivity index (χ2n) is 8.83. The molecule has 0 saturated carbocycles. The molecular weight excluding hydrogens is 565 g/mol. The molecule has 0 unspecified atom stereocenters. The van der Waals surface area contributed by atoms with E-state index in [2.05, 4.69) is 33.0 Å². The lowest BCUT2D eigenvalue weighted by atomic mass is 10.1. The topological polar surface area (TPSA) is 85.0 Å². The van der Waals surface area contributed by atoms with Gasteiger partial charge in [0.2, 0.25) is 5.91 Å². The Hall–Kier alpha value is -4.50. The van der Waals surface area contributed by atoms with E-state index < -0.39 is 5.91 Å². The molecule has 0 aliphatic carbocycles. The monoisotopic (exact) mass is 583 g/mol. The molecule has 0 radical (unpaired) electrons. The van der Waals surface area contributed by atoms with Gasteiger partial charge in [0.1, 0.15) is 22.6 Å². The van der Waals surface area contributed by atoms with Crippen LogP contribution in [-0.4, -0.2) is 26.0 Å². The van der Waals surface area contributed by atoms with E-state index in [0.717, 1.165) is 27.5 Å². The van der Waals surface area contributed by atoms with Gasteiger partial charge < -0.3 is 9.73 Å². The maximum absolute atomic E-state index is 12.4. The lowest BCUT2D eigenvalue weighted by Gasteiger charge is -2.07. The molecule has 0 aliphatic heterocycles. The number of rotatable bonds is 5. The van der Waals surface area contributed by atoms with Crippen LogP contribution in [-0.2, 0) is 4.79 Å². The summed E-state index contributed by atoms with van der Waals surface area (Å²) in [6.45, 7) is 0. The van der Waals surface area contributed by atoms with Gasteiger partial charge in [0, 0.05) is 32.8 Å². The minimum atomic E-state index is -0.413. The molecule has 196 valence electrons. The van der Waals surface area contributed by atoms with Crippen LogP contribution in [0.4, 0.5) is 5.69 Å². The highest BCUT2D eigenvalue weighted by molar-refractivity contribution is 7.80. The fourth-order valence-electron chi connectivity index (χ4n) is 4.25. The zero-order valence-electron chi connectivity index (χ0n) is 20.6. The summed E-state index contributed by atoms with van der Waals surface area (Å²) in [4.78, 5) is 14.1. The number of fused-ring (bicyclic) bond motifs is 2. The van der Waals surface area contributed by atoms with Crippen molar-refractivity contribution in [3.63, 3.8) is 0 Å². The Balaban J connectivity index is 1.11. The van der Waals surface area contributed by atoms with Crippen LogP contribution in [0.3, 0.4) is 0 Å². The first-order valence-electron chi connectivity index (χ1n) is 12.1. The van der Waals surface area contributed by atoms with Crippen LogP contribution in [0.2, 0.25) is 10.0 Å². The number of halogens is 2. The molecule has 2 N–H and O–H groups in total. The number of carbonyl (C=O) groups excluding carboxylic acids is 1. The molecule has 10 heteroatoms. The number of hydrogen-bond acceptors (Lipinski definition) is 5. The van der Waals surface area contributed by atoms with Crippen LogP contribution in [0.15, 0.2) is 101 Å². The summed E-state index contributed by atoms with van der Waals surface area (Å²) in [5.74, 6) is 0.651. The first-order chi connectivity index (χ1) is 19.4. The molecule has 2 aromatic heterocycles. The van der Waals surface area contributed by atoms with Gasteiger partial charge in [-0.3, -0.25) is 10.1 Å². The second-order valence-corrected chi connectivity index (χ2v) is 10.1. The standard InChI is InChI=1S/C30H19Cl2N5O2S/c31-20-14-19(15-21(32)16-20)28-12-9-23(39-28)10-13-29(38)34-30(40)33-22-8-11-25-26(17-22)36-37(35-25)27-7-3-5-18-4-1-2-6-24(18)27/h1-17H,(H2,33,34,38,40)/b13-10+. The molecule has 1 amide bonds. The van der Waals surface area contributed by atoms with Gasteiger partial charge in [-0.05, 0) is 78.3 Å². The van der Waals surface area contributed by atoms with Crippen molar-refractivity contribution in [3.05, 3.63) is 113 Å². The summed E-state index contributed by atoms with van der Waals surface area (Å²) in [7, 11) is 0. The number of nitrogens with zero attached hydrogens (tertiary/aromatic N) is 3. The Labute approximate surface area is 244 Å². The summed E-state index contributed by atoms with van der Waals surface area (Å²) in [6.07, 6.45) is 2.88. The van der Waals surface area contributed by atoms with Crippen molar-refractivity contribution in [2.45, 2.75) is 0 Å². The highest BCUT2D eigenvalue weighted by Crippen LogP contribution is 2.29. The maximum Gasteiger partial charge on any atom is 0.250 e. The molecule has 0 aliphatic rings. The van der Waals surface area contributed by atoms with Crippen molar-refractivity contribution in [2.75, 3.05) is 5.32 Å². The van der Waals surface area contributed by atoms with Crippen molar-refractivity contribution in [3.8, 4) is 17.0 Å². The predicted molar refractivity (Wildman–Crippen MR) is 164 cm³/mol. The van der Waals surface area contributed by atoms with Crippen LogP contribution in [0.25, 0.3) is 44.9 Å². The van der Waals surface area contributed by atoms with E-state index in [1.165, 1.54) is 6.08 Å². The summed E-state index contributed by atoms with van der Waals surface area (Å²) in [5.41, 5.74) is 3.71. The van der Waals surface area contributed by atoms with E-state index in [1.807, 2.05) is 48.5 Å². The van der Waals surface area contributed by atoms with Crippen molar-refractivity contribution < 1.29 is 9.21 Å². The first-order valence-corrected chi connectivity index (χ1v) is 13.3. The first kappa shape index (κ1) is 25.8. The van der Waals surface area contributed by atoms with Gasteiger partial charge in [0.25, 0.3) is 0 Å². The maximum atomic E-state index is 12.4. The molecule has 0 spiro atoms. The van der Waals surface area contributed by atoms with Gasteiger partial charge in [-0.25, -0.2) is 0 Å². The number of amides is 1. The molecule has 2 heterocycles. The van der Waals surface area contributed by atoms with Gasteiger partial charge in [0.15, 0.2) is 5.11 Å². The Bertz CT molecular complexity index is 1920. The molecular formula is C30H19Cl2N5O2S. The van der Waals surface area contributed by atoms with E-state index >= 15 is 0 Å². The number of thiocarbonyl (C=S) groups is 1. The van der Waals surface area contributed by atoms with Crippen LogP contribution in [0.5, 0.6) is 0 Å². The normalized spacial score (nSPS) is 11.3. The molecule has 4 aromatic carbocycles. The molecule has 0 saturated heterocycles. The molecule has 0 atom stereocenters. The molecule has 0 bridgehead atoms. The fraction of sp³-hybridized carbons (Fsp3) is 0. The Morgan fingerprint density at radius 1 is 0.875 bits per heavy atom. The van der Waals surface area contributed by atoms with E-state index in [0.29, 0.717) is 32.8 Å². The lowest BCUT2D eigenvalue weighted by Crippen LogP contribution is -2.32. The van der Waals surface area contributed by atoms with Gasteiger partial charge in [-0.1, -0.05) is 59.6 Å². The van der Waals surface area contributed by atoms with Gasteiger partial charge in [-0.2, -0.15) is 0 Å². The smallest absolute Gasteiger partial charge is 0.250 e. The van der Waals surface area contributed by atoms with E-state index in [-0.39, 0.29) is 5.11 Å². The Morgan fingerprint density at radius 2 is 1.65 bits per heavy atom.